The maximum atomic E-state index is 11.9. The summed E-state index contributed by atoms with van der Waals surface area (Å²) < 4.78 is 4.42. The number of amides is 1. The lowest BCUT2D eigenvalue weighted by atomic mass is 9.91. The van der Waals surface area contributed by atoms with Gasteiger partial charge in [0.15, 0.2) is 11.5 Å². The first kappa shape index (κ1) is 20.1. The third-order valence-corrected chi connectivity index (χ3v) is 5.96. The molecule has 3 aromatic heterocycles. The number of aromatic nitrogens is 5. The third-order valence-electron chi connectivity index (χ3n) is 5.10. The van der Waals surface area contributed by atoms with Crippen LogP contribution in [0.3, 0.4) is 0 Å². The highest BCUT2D eigenvalue weighted by Crippen LogP contribution is 2.36. The second-order valence-corrected chi connectivity index (χ2v) is 8.01. The van der Waals surface area contributed by atoms with E-state index in [4.69, 9.17) is 11.5 Å². The molecule has 1 aliphatic rings. The van der Waals surface area contributed by atoms with Crippen molar-refractivity contribution in [3.05, 3.63) is 36.3 Å². The third kappa shape index (κ3) is 4.21. The van der Waals surface area contributed by atoms with Gasteiger partial charge in [0.05, 0.1) is 11.9 Å². The lowest BCUT2D eigenvalue weighted by Gasteiger charge is -2.29. The van der Waals surface area contributed by atoms with Gasteiger partial charge in [0, 0.05) is 35.6 Å². The van der Waals surface area contributed by atoms with Crippen LogP contribution < -0.4 is 22.1 Å². The molecule has 10 nitrogen and oxygen atoms in total. The van der Waals surface area contributed by atoms with Crippen molar-refractivity contribution in [1.29, 1.82) is 0 Å². The van der Waals surface area contributed by atoms with E-state index in [1.165, 1.54) is 24.1 Å². The van der Waals surface area contributed by atoms with Crippen LogP contribution in [-0.2, 0) is 0 Å². The van der Waals surface area contributed by atoms with Gasteiger partial charge in [-0.15, -0.1) is 0 Å². The molecule has 4 rings (SSSR count). The van der Waals surface area contributed by atoms with E-state index in [-0.39, 0.29) is 23.6 Å². The minimum absolute atomic E-state index is 0.0507. The fraction of sp³-hybridized carbons (Fsp3) is 0.368. The fourth-order valence-corrected chi connectivity index (χ4v) is 4.40. The zero-order valence-corrected chi connectivity index (χ0v) is 17.3. The maximum Gasteiger partial charge on any atom is 0.271 e. The van der Waals surface area contributed by atoms with Gasteiger partial charge in [-0.2, -0.15) is 4.37 Å². The Labute approximate surface area is 177 Å². The molecular formula is C19H23N9OS. The molecule has 1 fully saturated rings. The number of carbonyl (C=O) groups is 1. The number of aryl methyl sites for hydroxylation is 1. The Morgan fingerprint density at radius 1 is 1.20 bits per heavy atom. The summed E-state index contributed by atoms with van der Waals surface area (Å²) in [6.07, 6.45) is 10.6. The Kier molecular flexibility index (Phi) is 5.81. The highest BCUT2D eigenvalue weighted by atomic mass is 32.1. The van der Waals surface area contributed by atoms with Crippen LogP contribution in [0.15, 0.2) is 24.9 Å². The first-order chi connectivity index (χ1) is 14.5. The summed E-state index contributed by atoms with van der Waals surface area (Å²) in [6, 6.07) is 0.171. The van der Waals surface area contributed by atoms with Crippen LogP contribution in [0.2, 0.25) is 0 Å². The molecule has 1 amide bonds. The Hall–Kier alpha value is -3.18. The molecule has 3 heterocycles. The second kappa shape index (κ2) is 8.67. The minimum Gasteiger partial charge on any atom is -0.364 e. The van der Waals surface area contributed by atoms with Crippen LogP contribution in [-0.4, -0.2) is 42.3 Å². The predicted octanol–water partition coefficient (Wildman–Crippen LogP) is 2.22. The van der Waals surface area contributed by atoms with Gasteiger partial charge in [-0.25, -0.2) is 19.9 Å². The molecule has 0 aromatic carbocycles. The van der Waals surface area contributed by atoms with Crippen LogP contribution in [0.5, 0.6) is 0 Å². The highest BCUT2D eigenvalue weighted by Gasteiger charge is 2.23. The number of anilines is 3. The number of hydrogen-bond acceptors (Lipinski definition) is 10. The number of hydrogen-bond donors (Lipinski definition) is 4. The number of nitrogens with one attached hydrogen (secondary N) is 2. The average molecular weight is 426 g/mol. The van der Waals surface area contributed by atoms with Gasteiger partial charge in [0.1, 0.15) is 17.1 Å². The van der Waals surface area contributed by atoms with E-state index < -0.39 is 5.91 Å². The molecule has 2 atom stereocenters. The van der Waals surface area contributed by atoms with Crippen molar-refractivity contribution >= 4 is 34.1 Å². The summed E-state index contributed by atoms with van der Waals surface area (Å²) in [5, 5.41) is 7.24. The predicted molar refractivity (Wildman–Crippen MR) is 116 cm³/mol. The van der Waals surface area contributed by atoms with Crippen LogP contribution in [0.1, 0.15) is 41.9 Å². The summed E-state index contributed by atoms with van der Waals surface area (Å²) in [6.45, 7) is 1.90. The largest absolute Gasteiger partial charge is 0.364 e. The maximum absolute atomic E-state index is 11.9. The molecule has 0 aliphatic heterocycles. The van der Waals surface area contributed by atoms with Crippen molar-refractivity contribution in [2.45, 2.75) is 44.7 Å². The van der Waals surface area contributed by atoms with Gasteiger partial charge in [0.25, 0.3) is 5.91 Å². The fourth-order valence-electron chi connectivity index (χ4n) is 3.59. The SMILES string of the molecule is Cc1nsc(Nc2nc(NC3CCCCC3N)cnc2C(N)=O)c1-c1cncnc1. The van der Waals surface area contributed by atoms with E-state index in [1.807, 2.05) is 6.92 Å². The summed E-state index contributed by atoms with van der Waals surface area (Å²) in [4.78, 5) is 28.9. The van der Waals surface area contributed by atoms with E-state index in [0.717, 1.165) is 42.5 Å². The Morgan fingerprint density at radius 3 is 2.70 bits per heavy atom. The molecule has 11 heteroatoms. The molecule has 3 aromatic rings. The molecule has 6 N–H and O–H groups in total. The van der Waals surface area contributed by atoms with Gasteiger partial charge in [-0.1, -0.05) is 12.8 Å². The van der Waals surface area contributed by atoms with Crippen LogP contribution in [0.4, 0.5) is 16.6 Å². The van der Waals surface area contributed by atoms with Crippen molar-refractivity contribution in [2.75, 3.05) is 10.6 Å². The molecule has 2 unspecified atom stereocenters. The van der Waals surface area contributed by atoms with Crippen molar-refractivity contribution in [3.8, 4) is 11.1 Å². The molecule has 1 saturated carbocycles. The number of primary amides is 1. The van der Waals surface area contributed by atoms with Crippen LogP contribution in [0.25, 0.3) is 11.1 Å². The zero-order chi connectivity index (χ0) is 21.1. The van der Waals surface area contributed by atoms with E-state index in [0.29, 0.717) is 10.8 Å². The van der Waals surface area contributed by atoms with Gasteiger partial charge < -0.3 is 22.1 Å². The molecule has 1 aliphatic carbocycles. The molecule has 0 saturated heterocycles. The van der Waals surface area contributed by atoms with Crippen LogP contribution >= 0.6 is 11.5 Å². The minimum atomic E-state index is -0.670. The summed E-state index contributed by atoms with van der Waals surface area (Å²) in [7, 11) is 0. The standard InChI is InChI=1S/C19H23N9OS/c1-10-15(11-6-22-9-23-7-11)19(30-28-10)27-18-16(17(21)29)24-8-14(26-18)25-13-5-3-2-4-12(13)20/h6-9,12-13H,2-5,20H2,1H3,(H2,21,29)(H2,25,26,27). The summed E-state index contributed by atoms with van der Waals surface area (Å²) >= 11 is 1.25. The quantitative estimate of drug-likeness (QED) is 0.464. The number of carbonyl (C=O) groups excluding carboxylic acids is 1. The monoisotopic (exact) mass is 425 g/mol. The number of rotatable bonds is 6. The Morgan fingerprint density at radius 2 is 1.97 bits per heavy atom. The van der Waals surface area contributed by atoms with Crippen LogP contribution in [0, 0.1) is 6.92 Å². The smallest absolute Gasteiger partial charge is 0.271 e. The first-order valence-electron chi connectivity index (χ1n) is 9.70. The Bertz CT molecular complexity index is 1040. The average Bonchev–Trinajstić information content (AvgIpc) is 3.10. The van der Waals surface area contributed by atoms with Gasteiger partial charge in [-0.05, 0) is 31.3 Å². The number of nitrogens with two attached hydrogens (primary N) is 2. The van der Waals surface area contributed by atoms with Gasteiger partial charge >= 0.3 is 0 Å². The van der Waals surface area contributed by atoms with Crippen molar-refractivity contribution < 1.29 is 4.79 Å². The van der Waals surface area contributed by atoms with E-state index in [1.54, 1.807) is 12.4 Å². The molecule has 30 heavy (non-hydrogen) atoms. The van der Waals surface area contributed by atoms with Gasteiger partial charge in [-0.3, -0.25) is 4.79 Å². The first-order valence-corrected chi connectivity index (χ1v) is 10.5. The van der Waals surface area contributed by atoms with E-state index in [2.05, 4.69) is 34.9 Å². The van der Waals surface area contributed by atoms with E-state index in [9.17, 15) is 4.79 Å². The highest BCUT2D eigenvalue weighted by molar-refractivity contribution is 7.11. The normalized spacial score (nSPS) is 18.7. The molecular weight excluding hydrogens is 402 g/mol. The number of nitrogens with zero attached hydrogens (tertiary/aromatic N) is 5. The van der Waals surface area contributed by atoms with Crippen molar-refractivity contribution in [3.63, 3.8) is 0 Å². The van der Waals surface area contributed by atoms with Gasteiger partial charge in [0.2, 0.25) is 0 Å². The van der Waals surface area contributed by atoms with E-state index >= 15 is 0 Å². The zero-order valence-electron chi connectivity index (χ0n) is 16.5. The molecule has 0 radical (unpaired) electrons. The summed E-state index contributed by atoms with van der Waals surface area (Å²) in [5.74, 6) is 0.131. The lowest BCUT2D eigenvalue weighted by Crippen LogP contribution is -2.42. The second-order valence-electron chi connectivity index (χ2n) is 7.24. The van der Waals surface area contributed by atoms with Crippen molar-refractivity contribution in [2.24, 2.45) is 11.5 Å². The topological polar surface area (TPSA) is 158 Å². The summed E-state index contributed by atoms with van der Waals surface area (Å²) in [5.41, 5.74) is 14.3. The lowest BCUT2D eigenvalue weighted by molar-refractivity contribution is 0.0996. The molecule has 0 bridgehead atoms. The van der Waals surface area contributed by atoms with Crippen molar-refractivity contribution in [1.82, 2.24) is 24.3 Å². The molecule has 0 spiro atoms. The Balaban J connectivity index is 1.66. The molecule has 156 valence electrons.